The summed E-state index contributed by atoms with van der Waals surface area (Å²) in [5.74, 6) is 3.57. The van der Waals surface area contributed by atoms with Crippen molar-refractivity contribution in [2.45, 2.75) is 50.7 Å². The average Bonchev–Trinajstić information content (AvgIpc) is 3.69. The molecule has 0 radical (unpaired) electrons. The zero-order valence-electron chi connectivity index (χ0n) is 20.8. The first-order valence-corrected chi connectivity index (χ1v) is 13.5. The van der Waals surface area contributed by atoms with Crippen LogP contribution in [0.3, 0.4) is 0 Å². The normalized spacial score (nSPS) is 27.1. The number of H-pyrrole nitrogens is 2. The molecule has 8 heteroatoms. The van der Waals surface area contributed by atoms with Crippen molar-refractivity contribution in [3.63, 3.8) is 0 Å². The number of fused-ring (bicyclic) bond motifs is 3. The van der Waals surface area contributed by atoms with Gasteiger partial charge in [-0.2, -0.15) is 0 Å². The molecule has 0 bridgehead atoms. The van der Waals surface area contributed by atoms with Gasteiger partial charge in [0, 0.05) is 23.4 Å². The number of hydrogen-bond donors (Lipinski definition) is 4. The Kier molecular flexibility index (Phi) is 4.75. The van der Waals surface area contributed by atoms with Gasteiger partial charge >= 0.3 is 0 Å². The molecule has 5 atom stereocenters. The number of nitrogens with one attached hydrogen (secondary N) is 4. The van der Waals surface area contributed by atoms with Crippen LogP contribution in [0.4, 0.5) is 0 Å². The van der Waals surface area contributed by atoms with Gasteiger partial charge in [0.05, 0.1) is 51.7 Å². The van der Waals surface area contributed by atoms with Crippen LogP contribution in [-0.2, 0) is 0 Å². The highest BCUT2D eigenvalue weighted by Crippen LogP contribution is 2.42. The first-order valence-electron chi connectivity index (χ1n) is 13.5. The van der Waals surface area contributed by atoms with Gasteiger partial charge in [0.15, 0.2) is 0 Å². The number of aromatic amines is 2. The lowest BCUT2D eigenvalue weighted by molar-refractivity contribution is 0.276. The number of imidazole rings is 2. The summed E-state index contributed by atoms with van der Waals surface area (Å²) in [4.78, 5) is 26.4. The standard InChI is InChI=1S/C29H30N8/c1-15-8-24(30-12-15)28-32-14-27(37-28)17-3-6-20-22(9-17)31-13-26(34-20)18-4-7-21-23(10-18)36-29(35-21)25-11-16-2-5-19(16)33-25/h3-4,6-7,9-10,13-16,19,24-25,30,33H,2,5,8,11-12H2,1H3,(H,32,37)(H,35,36)/t15-,16-,19-,24+,25+/m1/s1. The highest BCUT2D eigenvalue weighted by Gasteiger charge is 2.41. The summed E-state index contributed by atoms with van der Waals surface area (Å²) in [5, 5.41) is 7.29. The van der Waals surface area contributed by atoms with Crippen molar-refractivity contribution in [3.8, 4) is 22.5 Å². The van der Waals surface area contributed by atoms with Gasteiger partial charge < -0.3 is 20.6 Å². The molecule has 3 aromatic heterocycles. The number of hydrogen-bond acceptors (Lipinski definition) is 6. The smallest absolute Gasteiger partial charge is 0.124 e. The molecule has 8 rings (SSSR count). The summed E-state index contributed by atoms with van der Waals surface area (Å²) in [5.41, 5.74) is 7.67. The van der Waals surface area contributed by atoms with Crippen LogP contribution in [0.2, 0.25) is 0 Å². The molecule has 5 aromatic rings. The zero-order chi connectivity index (χ0) is 24.5. The van der Waals surface area contributed by atoms with Gasteiger partial charge in [-0.3, -0.25) is 4.98 Å². The van der Waals surface area contributed by atoms with Gasteiger partial charge in [-0.1, -0.05) is 19.1 Å². The molecule has 5 heterocycles. The van der Waals surface area contributed by atoms with Crippen molar-refractivity contribution < 1.29 is 0 Å². The Bertz CT molecular complexity index is 1620. The fourth-order valence-electron chi connectivity index (χ4n) is 6.34. The Morgan fingerprint density at radius 1 is 0.811 bits per heavy atom. The van der Waals surface area contributed by atoms with E-state index in [1.165, 1.54) is 19.3 Å². The number of aromatic nitrogens is 6. The van der Waals surface area contributed by atoms with E-state index in [1.54, 1.807) is 0 Å². The molecule has 0 amide bonds. The molecule has 8 nitrogen and oxygen atoms in total. The first-order chi connectivity index (χ1) is 18.2. The lowest BCUT2D eigenvalue weighted by Gasteiger charge is -2.29. The second kappa shape index (κ2) is 8.19. The highest BCUT2D eigenvalue weighted by molar-refractivity contribution is 5.85. The third kappa shape index (κ3) is 3.66. The van der Waals surface area contributed by atoms with Crippen molar-refractivity contribution in [1.29, 1.82) is 0 Å². The van der Waals surface area contributed by atoms with Crippen molar-refractivity contribution in [2.75, 3.05) is 6.54 Å². The van der Waals surface area contributed by atoms with E-state index in [4.69, 9.17) is 19.9 Å². The Balaban J connectivity index is 1.06. The average molecular weight is 491 g/mol. The van der Waals surface area contributed by atoms with Crippen LogP contribution in [0.25, 0.3) is 44.6 Å². The summed E-state index contributed by atoms with van der Waals surface area (Å²) in [6.07, 6.45) is 8.80. The van der Waals surface area contributed by atoms with E-state index >= 15 is 0 Å². The molecule has 0 spiro atoms. The number of nitrogens with zero attached hydrogens (tertiary/aromatic N) is 4. The Hall–Kier alpha value is -3.62. The van der Waals surface area contributed by atoms with Crippen LogP contribution < -0.4 is 10.6 Å². The molecule has 4 N–H and O–H groups in total. The maximum atomic E-state index is 4.93. The minimum atomic E-state index is 0.305. The Morgan fingerprint density at radius 2 is 1.70 bits per heavy atom. The fraction of sp³-hybridized carbons (Fsp3) is 0.379. The minimum absolute atomic E-state index is 0.305. The Labute approximate surface area is 214 Å². The zero-order valence-corrected chi connectivity index (χ0v) is 20.8. The maximum absolute atomic E-state index is 4.93. The van der Waals surface area contributed by atoms with Gasteiger partial charge in [-0.05, 0) is 68.3 Å². The van der Waals surface area contributed by atoms with Crippen LogP contribution in [0, 0.1) is 11.8 Å². The molecule has 0 unspecified atom stereocenters. The quantitative estimate of drug-likeness (QED) is 0.281. The lowest BCUT2D eigenvalue weighted by atomic mass is 9.80. The van der Waals surface area contributed by atoms with Gasteiger partial charge in [-0.15, -0.1) is 0 Å². The van der Waals surface area contributed by atoms with Crippen LogP contribution in [0.15, 0.2) is 48.8 Å². The first kappa shape index (κ1) is 21.5. The molecule has 3 fully saturated rings. The molecule has 1 aliphatic carbocycles. The third-order valence-corrected chi connectivity index (χ3v) is 8.61. The van der Waals surface area contributed by atoms with Gasteiger partial charge in [0.1, 0.15) is 11.6 Å². The van der Waals surface area contributed by atoms with Gasteiger partial charge in [0.25, 0.3) is 0 Å². The number of benzene rings is 2. The monoisotopic (exact) mass is 490 g/mol. The topological polar surface area (TPSA) is 107 Å². The van der Waals surface area contributed by atoms with Gasteiger partial charge in [-0.25, -0.2) is 15.0 Å². The summed E-state index contributed by atoms with van der Waals surface area (Å²) >= 11 is 0. The van der Waals surface area contributed by atoms with Crippen molar-refractivity contribution in [1.82, 2.24) is 40.5 Å². The van der Waals surface area contributed by atoms with Crippen molar-refractivity contribution in [2.24, 2.45) is 11.8 Å². The summed E-state index contributed by atoms with van der Waals surface area (Å²) < 4.78 is 0. The molecule has 37 heavy (non-hydrogen) atoms. The van der Waals surface area contributed by atoms with E-state index < -0.39 is 0 Å². The molecule has 3 aliphatic rings. The second-order valence-corrected chi connectivity index (χ2v) is 11.2. The number of rotatable bonds is 4. The molecule has 1 saturated carbocycles. The van der Waals surface area contributed by atoms with E-state index in [-0.39, 0.29) is 0 Å². The van der Waals surface area contributed by atoms with E-state index in [0.717, 1.165) is 75.1 Å². The molecular weight excluding hydrogens is 460 g/mol. The largest absolute Gasteiger partial charge is 0.347 e. The van der Waals surface area contributed by atoms with Crippen LogP contribution in [0.5, 0.6) is 0 Å². The highest BCUT2D eigenvalue weighted by atomic mass is 15.1. The fourth-order valence-corrected chi connectivity index (χ4v) is 6.34. The molecule has 2 saturated heterocycles. The van der Waals surface area contributed by atoms with E-state index in [9.17, 15) is 0 Å². The summed E-state index contributed by atoms with van der Waals surface area (Å²) in [6.45, 7) is 3.32. The predicted molar refractivity (Wildman–Crippen MR) is 144 cm³/mol. The molecule has 2 aliphatic heterocycles. The van der Waals surface area contributed by atoms with Gasteiger partial charge in [0.2, 0.25) is 0 Å². The van der Waals surface area contributed by atoms with E-state index in [1.807, 2.05) is 18.5 Å². The molecule has 2 aromatic carbocycles. The summed E-state index contributed by atoms with van der Waals surface area (Å²) in [6, 6.07) is 13.8. The van der Waals surface area contributed by atoms with Crippen LogP contribution in [0.1, 0.15) is 56.3 Å². The Morgan fingerprint density at radius 3 is 2.49 bits per heavy atom. The van der Waals surface area contributed by atoms with Crippen molar-refractivity contribution in [3.05, 3.63) is 60.4 Å². The molecular formula is C29H30N8. The van der Waals surface area contributed by atoms with Crippen molar-refractivity contribution >= 4 is 22.1 Å². The van der Waals surface area contributed by atoms with Crippen LogP contribution >= 0.6 is 0 Å². The SMILES string of the molecule is C[C@H]1CN[C@H](c2nc(-c3ccc4nc(-c5ccc6nc([C@@H]7C[C@H]8CC[C@H]8N7)[nH]c6c5)cnc4c3)c[nH]2)C1. The minimum Gasteiger partial charge on any atom is -0.347 e. The molecule has 186 valence electrons. The van der Waals surface area contributed by atoms with Crippen LogP contribution in [-0.4, -0.2) is 42.5 Å². The second-order valence-electron chi connectivity index (χ2n) is 11.2. The maximum Gasteiger partial charge on any atom is 0.124 e. The third-order valence-electron chi connectivity index (χ3n) is 8.61. The summed E-state index contributed by atoms with van der Waals surface area (Å²) in [7, 11) is 0. The van der Waals surface area contributed by atoms with E-state index in [2.05, 4.69) is 57.9 Å². The van der Waals surface area contributed by atoms with E-state index in [0.29, 0.717) is 24.0 Å². The predicted octanol–water partition coefficient (Wildman–Crippen LogP) is 5.05. The lowest BCUT2D eigenvalue weighted by Crippen LogP contribution is -2.35.